The van der Waals surface area contributed by atoms with Crippen LogP contribution in [0.4, 0.5) is 11.4 Å². The number of nitrogens with one attached hydrogen (secondary N) is 2. The molecule has 37 heavy (non-hydrogen) atoms. The third kappa shape index (κ3) is 16.8. The summed E-state index contributed by atoms with van der Waals surface area (Å²) in [5, 5.41) is 6.83. The van der Waals surface area contributed by atoms with Gasteiger partial charge in [-0.05, 0) is 118 Å². The first kappa shape index (κ1) is 34.5. The molecule has 2 aromatic carbocycles. The summed E-state index contributed by atoms with van der Waals surface area (Å²) in [7, 11) is 0. The Balaban J connectivity index is 0.000000686. The third-order valence-corrected chi connectivity index (χ3v) is 4.60. The maximum atomic E-state index is 11.7. The highest BCUT2D eigenvalue weighted by molar-refractivity contribution is 5.75. The average molecular weight is 515 g/mol. The molecule has 2 rings (SSSR count). The van der Waals surface area contributed by atoms with Gasteiger partial charge in [-0.3, -0.25) is 4.79 Å². The van der Waals surface area contributed by atoms with Gasteiger partial charge in [0.1, 0.15) is 6.61 Å². The van der Waals surface area contributed by atoms with E-state index in [9.17, 15) is 4.79 Å². The summed E-state index contributed by atoms with van der Waals surface area (Å²) in [5.41, 5.74) is 4.03. The van der Waals surface area contributed by atoms with E-state index in [0.29, 0.717) is 13.2 Å². The standard InChI is InChI=1S/C16H25NO2.C15H25NO.CH4/c1-15(2,3)14(18)19-11-12-7-9-13(10-8-12)17-16(4,5)6;1-14(2,3)16-13-9-7-12(8-10-13)11-17-15(4,5)6;/h7-10,17H,11H2,1-6H3;7-10,16H,11H2,1-6H3;1H4. The molecule has 0 spiro atoms. The van der Waals surface area contributed by atoms with Crippen molar-refractivity contribution >= 4 is 17.3 Å². The predicted octanol–water partition coefficient (Wildman–Crippen LogP) is 8.83. The van der Waals surface area contributed by atoms with Crippen LogP contribution in [-0.2, 0) is 27.5 Å². The second kappa shape index (κ2) is 13.9. The van der Waals surface area contributed by atoms with Crippen LogP contribution in [0.3, 0.4) is 0 Å². The van der Waals surface area contributed by atoms with E-state index in [2.05, 4.69) is 97.2 Å². The fourth-order valence-electron chi connectivity index (χ4n) is 2.90. The van der Waals surface area contributed by atoms with Crippen LogP contribution in [0.25, 0.3) is 0 Å². The summed E-state index contributed by atoms with van der Waals surface area (Å²) in [6.45, 7) is 25.6. The van der Waals surface area contributed by atoms with Crippen molar-refractivity contribution < 1.29 is 14.3 Å². The molecule has 5 nitrogen and oxygen atoms in total. The molecule has 0 unspecified atom stereocenters. The van der Waals surface area contributed by atoms with Gasteiger partial charge in [-0.2, -0.15) is 0 Å². The molecule has 0 bridgehead atoms. The molecule has 0 atom stereocenters. The number of esters is 1. The minimum absolute atomic E-state index is 0. The molecule has 0 heterocycles. The van der Waals surface area contributed by atoms with E-state index in [-0.39, 0.29) is 30.1 Å². The molecule has 0 aromatic heterocycles. The van der Waals surface area contributed by atoms with Crippen molar-refractivity contribution in [2.45, 2.75) is 120 Å². The minimum Gasteiger partial charge on any atom is -0.460 e. The predicted molar refractivity (Wildman–Crippen MR) is 160 cm³/mol. The maximum Gasteiger partial charge on any atom is 0.311 e. The molecule has 2 aromatic rings. The van der Waals surface area contributed by atoms with Gasteiger partial charge in [0.2, 0.25) is 0 Å². The number of hydrogen-bond donors (Lipinski definition) is 2. The number of hydrogen-bond acceptors (Lipinski definition) is 5. The van der Waals surface area contributed by atoms with Crippen LogP contribution >= 0.6 is 0 Å². The van der Waals surface area contributed by atoms with E-state index < -0.39 is 5.41 Å². The highest BCUT2D eigenvalue weighted by Crippen LogP contribution is 2.19. The van der Waals surface area contributed by atoms with Crippen LogP contribution in [0, 0.1) is 5.41 Å². The number of carbonyl (C=O) groups excluding carboxylic acids is 1. The zero-order valence-electron chi connectivity index (χ0n) is 24.8. The second-order valence-electron chi connectivity index (χ2n) is 13.4. The molecular formula is C32H54N2O3. The molecule has 0 radical (unpaired) electrons. The van der Waals surface area contributed by atoms with E-state index in [0.717, 1.165) is 16.9 Å². The van der Waals surface area contributed by atoms with Crippen LogP contribution in [0.1, 0.15) is 102 Å². The lowest BCUT2D eigenvalue weighted by Gasteiger charge is -2.22. The quantitative estimate of drug-likeness (QED) is 0.377. The number of ether oxygens (including phenoxy) is 2. The lowest BCUT2D eigenvalue weighted by molar-refractivity contribution is -0.154. The molecule has 0 aliphatic heterocycles. The minimum atomic E-state index is -0.451. The van der Waals surface area contributed by atoms with Crippen LogP contribution in [0.15, 0.2) is 48.5 Å². The summed E-state index contributed by atoms with van der Waals surface area (Å²) in [6.07, 6.45) is 0. The molecular weight excluding hydrogens is 460 g/mol. The van der Waals surface area contributed by atoms with E-state index >= 15 is 0 Å². The summed E-state index contributed by atoms with van der Waals surface area (Å²) in [5.74, 6) is -0.176. The Kier molecular flexibility index (Phi) is 12.9. The molecule has 0 amide bonds. The van der Waals surface area contributed by atoms with Gasteiger partial charge in [-0.15, -0.1) is 0 Å². The lowest BCUT2D eigenvalue weighted by Crippen LogP contribution is -2.26. The van der Waals surface area contributed by atoms with E-state index in [1.807, 2.05) is 45.0 Å². The summed E-state index contributed by atoms with van der Waals surface area (Å²) in [4.78, 5) is 11.7. The van der Waals surface area contributed by atoms with Gasteiger partial charge in [0.05, 0.1) is 17.6 Å². The Labute approximate surface area is 227 Å². The molecule has 0 saturated carbocycles. The zero-order valence-corrected chi connectivity index (χ0v) is 24.8. The van der Waals surface area contributed by atoms with E-state index in [1.54, 1.807) is 0 Å². The van der Waals surface area contributed by atoms with Gasteiger partial charge < -0.3 is 20.1 Å². The van der Waals surface area contributed by atoms with Gasteiger partial charge in [-0.25, -0.2) is 0 Å². The van der Waals surface area contributed by atoms with Gasteiger partial charge in [0, 0.05) is 22.5 Å². The van der Waals surface area contributed by atoms with Crippen molar-refractivity contribution in [1.82, 2.24) is 0 Å². The molecule has 0 aliphatic carbocycles. The SMILES string of the molecule is C.CC(C)(C)Nc1ccc(COC(=O)C(C)(C)C)cc1.CC(C)(C)Nc1ccc(COC(C)(C)C)cc1. The monoisotopic (exact) mass is 514 g/mol. The first-order valence-electron chi connectivity index (χ1n) is 12.8. The summed E-state index contributed by atoms with van der Waals surface area (Å²) >= 11 is 0. The van der Waals surface area contributed by atoms with Crippen molar-refractivity contribution in [2.75, 3.05) is 10.6 Å². The summed E-state index contributed by atoms with van der Waals surface area (Å²) in [6, 6.07) is 16.4. The normalized spacial score (nSPS) is 12.0. The molecule has 0 fully saturated rings. The van der Waals surface area contributed by atoms with Crippen molar-refractivity contribution in [1.29, 1.82) is 0 Å². The number of anilines is 2. The Hall–Kier alpha value is -2.53. The number of rotatable bonds is 6. The van der Waals surface area contributed by atoms with Crippen LogP contribution < -0.4 is 10.6 Å². The van der Waals surface area contributed by atoms with Gasteiger partial charge >= 0.3 is 5.97 Å². The molecule has 0 saturated heterocycles. The topological polar surface area (TPSA) is 59.6 Å². The van der Waals surface area contributed by atoms with Crippen molar-refractivity contribution in [2.24, 2.45) is 5.41 Å². The maximum absolute atomic E-state index is 11.7. The lowest BCUT2D eigenvalue weighted by atomic mass is 9.97. The Bertz CT molecular complexity index is 921. The first-order valence-corrected chi connectivity index (χ1v) is 12.8. The molecule has 5 heteroatoms. The van der Waals surface area contributed by atoms with Crippen LogP contribution in [-0.4, -0.2) is 22.6 Å². The Morgan fingerprint density at radius 1 is 0.622 bits per heavy atom. The number of carbonyl (C=O) groups is 1. The van der Waals surface area contributed by atoms with E-state index in [1.165, 1.54) is 5.56 Å². The second-order valence-corrected chi connectivity index (χ2v) is 13.4. The van der Waals surface area contributed by atoms with Crippen molar-refractivity contribution in [3.05, 3.63) is 59.7 Å². The number of benzene rings is 2. The zero-order chi connectivity index (χ0) is 27.8. The summed E-state index contributed by atoms with van der Waals surface area (Å²) < 4.78 is 11.0. The average Bonchev–Trinajstić information content (AvgIpc) is 2.69. The van der Waals surface area contributed by atoms with Gasteiger partial charge in [0.25, 0.3) is 0 Å². The Morgan fingerprint density at radius 2 is 0.973 bits per heavy atom. The first-order chi connectivity index (χ1) is 16.2. The highest BCUT2D eigenvalue weighted by atomic mass is 16.5. The molecule has 0 aliphatic rings. The molecule has 2 N–H and O–H groups in total. The Morgan fingerprint density at radius 3 is 1.27 bits per heavy atom. The third-order valence-electron chi connectivity index (χ3n) is 4.60. The fourth-order valence-corrected chi connectivity index (χ4v) is 2.90. The molecule has 210 valence electrons. The highest BCUT2D eigenvalue weighted by Gasteiger charge is 2.22. The van der Waals surface area contributed by atoms with Crippen molar-refractivity contribution in [3.8, 4) is 0 Å². The van der Waals surface area contributed by atoms with E-state index in [4.69, 9.17) is 9.47 Å². The fraction of sp³-hybridized carbons (Fsp3) is 0.594. The van der Waals surface area contributed by atoms with Crippen LogP contribution in [0.5, 0.6) is 0 Å². The van der Waals surface area contributed by atoms with Gasteiger partial charge in [-0.1, -0.05) is 31.7 Å². The van der Waals surface area contributed by atoms with Gasteiger partial charge in [0.15, 0.2) is 0 Å². The van der Waals surface area contributed by atoms with Crippen molar-refractivity contribution in [3.63, 3.8) is 0 Å². The van der Waals surface area contributed by atoms with Crippen LogP contribution in [0.2, 0.25) is 0 Å². The largest absolute Gasteiger partial charge is 0.460 e. The smallest absolute Gasteiger partial charge is 0.311 e.